The standard InChI is InChI=1S/C23H23BrN6O3/c1-4-33-18-11-7-15(8-12-18)13-25-27-22-26-20-19(21(31)29(3)23(32)28(20)2)30(22)14-16-5-9-17(24)10-6-16/h5-13H,4,14H2,1-3H3,(H,26,27). The van der Waals surface area contributed by atoms with Crippen LogP contribution in [0, 0.1) is 0 Å². The van der Waals surface area contributed by atoms with Crippen LogP contribution >= 0.6 is 15.9 Å². The Balaban J connectivity index is 1.73. The summed E-state index contributed by atoms with van der Waals surface area (Å²) in [5.74, 6) is 1.14. The van der Waals surface area contributed by atoms with Gasteiger partial charge in [0.05, 0.1) is 19.4 Å². The van der Waals surface area contributed by atoms with Crippen molar-refractivity contribution in [2.45, 2.75) is 13.5 Å². The highest BCUT2D eigenvalue weighted by molar-refractivity contribution is 9.10. The van der Waals surface area contributed by atoms with E-state index in [0.717, 1.165) is 25.9 Å². The van der Waals surface area contributed by atoms with Gasteiger partial charge in [0.2, 0.25) is 5.95 Å². The van der Waals surface area contributed by atoms with E-state index in [2.05, 4.69) is 31.4 Å². The number of aromatic nitrogens is 4. The predicted molar refractivity (Wildman–Crippen MR) is 132 cm³/mol. The third-order valence-electron chi connectivity index (χ3n) is 5.17. The minimum Gasteiger partial charge on any atom is -0.494 e. The number of hydrogen-bond acceptors (Lipinski definition) is 6. The summed E-state index contributed by atoms with van der Waals surface area (Å²) in [7, 11) is 3.05. The fraction of sp³-hybridized carbons (Fsp3) is 0.217. The van der Waals surface area contributed by atoms with Gasteiger partial charge in [-0.2, -0.15) is 10.1 Å². The lowest BCUT2D eigenvalue weighted by molar-refractivity contribution is 0.340. The number of hydrogen-bond donors (Lipinski definition) is 1. The van der Waals surface area contributed by atoms with Crippen molar-refractivity contribution in [1.29, 1.82) is 0 Å². The van der Waals surface area contributed by atoms with Crippen molar-refractivity contribution in [1.82, 2.24) is 18.7 Å². The van der Waals surface area contributed by atoms with Crippen LogP contribution in [0.2, 0.25) is 0 Å². The van der Waals surface area contributed by atoms with Crippen LogP contribution in [0.25, 0.3) is 11.2 Å². The van der Waals surface area contributed by atoms with Crippen molar-refractivity contribution < 1.29 is 4.74 Å². The van der Waals surface area contributed by atoms with Gasteiger partial charge in [-0.3, -0.25) is 18.5 Å². The zero-order valence-electron chi connectivity index (χ0n) is 18.4. The minimum absolute atomic E-state index is 0.291. The van der Waals surface area contributed by atoms with Gasteiger partial charge in [-0.25, -0.2) is 10.2 Å². The van der Waals surface area contributed by atoms with Crippen LogP contribution in [0.15, 0.2) is 67.7 Å². The van der Waals surface area contributed by atoms with Crippen molar-refractivity contribution in [2.75, 3.05) is 12.0 Å². The van der Waals surface area contributed by atoms with E-state index in [-0.39, 0.29) is 0 Å². The van der Waals surface area contributed by atoms with Crippen molar-refractivity contribution in [3.05, 3.63) is 85.0 Å². The van der Waals surface area contributed by atoms with Gasteiger partial charge in [-0.05, 0) is 54.4 Å². The molecule has 4 rings (SSSR count). The average Bonchev–Trinajstić information content (AvgIpc) is 3.17. The molecule has 0 unspecified atom stereocenters. The topological polar surface area (TPSA) is 95.4 Å². The summed E-state index contributed by atoms with van der Waals surface area (Å²) < 4.78 is 10.6. The summed E-state index contributed by atoms with van der Waals surface area (Å²) in [6.07, 6.45) is 1.65. The molecular formula is C23H23BrN6O3. The third kappa shape index (κ3) is 4.61. The summed E-state index contributed by atoms with van der Waals surface area (Å²) in [6, 6.07) is 15.3. The predicted octanol–water partition coefficient (Wildman–Crippen LogP) is 3.09. The molecule has 2 heterocycles. The number of halogens is 1. The summed E-state index contributed by atoms with van der Waals surface area (Å²) in [5.41, 5.74) is 4.52. The Morgan fingerprint density at radius 1 is 1.06 bits per heavy atom. The monoisotopic (exact) mass is 510 g/mol. The smallest absolute Gasteiger partial charge is 0.332 e. The molecule has 10 heteroatoms. The molecule has 1 N–H and O–H groups in total. The SMILES string of the molecule is CCOc1ccc(C=NNc2nc3c(c(=O)n(C)c(=O)n3C)n2Cc2ccc(Br)cc2)cc1. The van der Waals surface area contributed by atoms with Gasteiger partial charge in [-0.1, -0.05) is 28.1 Å². The fourth-order valence-corrected chi connectivity index (χ4v) is 3.70. The Bertz CT molecular complexity index is 1430. The molecule has 170 valence electrons. The maximum atomic E-state index is 13.0. The van der Waals surface area contributed by atoms with E-state index in [1.807, 2.05) is 55.5 Å². The molecule has 2 aromatic heterocycles. The molecule has 0 aliphatic carbocycles. The number of fused-ring (bicyclic) bond motifs is 1. The second-order valence-electron chi connectivity index (χ2n) is 7.40. The maximum Gasteiger partial charge on any atom is 0.332 e. The molecule has 0 aliphatic rings. The first-order chi connectivity index (χ1) is 15.9. The molecule has 9 nitrogen and oxygen atoms in total. The number of imidazole rings is 1. The minimum atomic E-state index is -0.440. The van der Waals surface area contributed by atoms with Crippen LogP contribution in [0.3, 0.4) is 0 Å². The Kier molecular flexibility index (Phi) is 6.45. The number of aryl methyl sites for hydroxylation is 1. The molecule has 4 aromatic rings. The van der Waals surface area contributed by atoms with Crippen molar-refractivity contribution in [2.24, 2.45) is 19.2 Å². The van der Waals surface area contributed by atoms with Gasteiger partial charge in [0.25, 0.3) is 5.56 Å². The van der Waals surface area contributed by atoms with E-state index in [1.165, 1.54) is 11.6 Å². The lowest BCUT2D eigenvalue weighted by Gasteiger charge is -2.09. The number of anilines is 1. The Morgan fingerprint density at radius 3 is 2.42 bits per heavy atom. The molecule has 0 saturated carbocycles. The molecule has 0 bridgehead atoms. The van der Waals surface area contributed by atoms with E-state index >= 15 is 0 Å². The van der Waals surface area contributed by atoms with Crippen molar-refractivity contribution in [3.63, 3.8) is 0 Å². The second-order valence-corrected chi connectivity index (χ2v) is 8.31. The third-order valence-corrected chi connectivity index (χ3v) is 5.70. The Hall–Kier alpha value is -3.66. The second kappa shape index (κ2) is 9.45. The normalized spacial score (nSPS) is 11.4. The summed E-state index contributed by atoms with van der Waals surface area (Å²) in [6.45, 7) is 2.91. The van der Waals surface area contributed by atoms with Crippen molar-refractivity contribution in [3.8, 4) is 5.75 Å². The maximum absolute atomic E-state index is 13.0. The summed E-state index contributed by atoms with van der Waals surface area (Å²) >= 11 is 3.44. The van der Waals surface area contributed by atoms with Crippen LogP contribution in [-0.2, 0) is 20.6 Å². The first-order valence-electron chi connectivity index (χ1n) is 10.3. The molecule has 0 fully saturated rings. The largest absolute Gasteiger partial charge is 0.494 e. The molecule has 2 aromatic carbocycles. The highest BCUT2D eigenvalue weighted by Gasteiger charge is 2.19. The van der Waals surface area contributed by atoms with E-state index in [1.54, 1.807) is 17.8 Å². The van der Waals surface area contributed by atoms with Crippen LogP contribution in [0.4, 0.5) is 5.95 Å². The van der Waals surface area contributed by atoms with Gasteiger partial charge < -0.3 is 4.74 Å². The quantitative estimate of drug-likeness (QED) is 0.304. The molecule has 33 heavy (non-hydrogen) atoms. The Labute approximate surface area is 198 Å². The molecule has 0 atom stereocenters. The average molecular weight is 511 g/mol. The molecule has 0 spiro atoms. The zero-order chi connectivity index (χ0) is 23.5. The highest BCUT2D eigenvalue weighted by atomic mass is 79.9. The lowest BCUT2D eigenvalue weighted by Crippen LogP contribution is -2.37. The number of ether oxygens (including phenoxy) is 1. The number of rotatable bonds is 7. The van der Waals surface area contributed by atoms with E-state index in [9.17, 15) is 9.59 Å². The highest BCUT2D eigenvalue weighted by Crippen LogP contribution is 2.19. The summed E-state index contributed by atoms with van der Waals surface area (Å²) in [4.78, 5) is 29.9. The lowest BCUT2D eigenvalue weighted by atomic mass is 10.2. The van der Waals surface area contributed by atoms with E-state index in [4.69, 9.17) is 4.74 Å². The fourth-order valence-electron chi connectivity index (χ4n) is 3.44. The van der Waals surface area contributed by atoms with Crippen LogP contribution < -0.4 is 21.4 Å². The number of nitrogens with one attached hydrogen (secondary N) is 1. The first-order valence-corrected chi connectivity index (χ1v) is 11.1. The van der Waals surface area contributed by atoms with Gasteiger partial charge >= 0.3 is 5.69 Å². The number of nitrogens with zero attached hydrogens (tertiary/aromatic N) is 5. The van der Waals surface area contributed by atoms with Gasteiger partial charge in [0.1, 0.15) is 5.75 Å². The molecular weight excluding hydrogens is 488 g/mol. The van der Waals surface area contributed by atoms with Gasteiger partial charge in [0, 0.05) is 18.6 Å². The molecule has 0 saturated heterocycles. The van der Waals surface area contributed by atoms with Crippen molar-refractivity contribution >= 4 is 39.3 Å². The van der Waals surface area contributed by atoms with Crippen LogP contribution in [-0.4, -0.2) is 31.5 Å². The van der Waals surface area contributed by atoms with E-state index in [0.29, 0.717) is 30.3 Å². The molecule has 0 amide bonds. The number of hydrazone groups is 1. The van der Waals surface area contributed by atoms with Gasteiger partial charge in [0.15, 0.2) is 11.2 Å². The molecule has 0 aliphatic heterocycles. The number of benzene rings is 2. The Morgan fingerprint density at radius 2 is 1.76 bits per heavy atom. The summed E-state index contributed by atoms with van der Waals surface area (Å²) in [5, 5.41) is 4.30. The van der Waals surface area contributed by atoms with Crippen LogP contribution in [0.1, 0.15) is 18.1 Å². The van der Waals surface area contributed by atoms with Crippen LogP contribution in [0.5, 0.6) is 5.75 Å². The zero-order valence-corrected chi connectivity index (χ0v) is 20.0. The van der Waals surface area contributed by atoms with Gasteiger partial charge in [-0.15, -0.1) is 0 Å². The van der Waals surface area contributed by atoms with E-state index < -0.39 is 11.2 Å². The first kappa shape index (κ1) is 22.5. The molecule has 0 radical (unpaired) electrons.